The van der Waals surface area contributed by atoms with E-state index in [0.717, 1.165) is 11.3 Å². The standard InChI is InChI=1S/C10H12O2/c1-7-6-12-9-5-3-2-4-8(9)10(7)11/h2-5,7,10-11H,6H2,1H3/t7-,10-/m1/s1. The molecule has 0 aliphatic carbocycles. The second-order valence-electron chi connectivity index (χ2n) is 3.27. The van der Waals surface area contributed by atoms with Gasteiger partial charge in [0, 0.05) is 11.5 Å². The van der Waals surface area contributed by atoms with Crippen LogP contribution in [0.1, 0.15) is 18.6 Å². The third-order valence-electron chi connectivity index (χ3n) is 2.28. The van der Waals surface area contributed by atoms with Crippen LogP contribution in [0.3, 0.4) is 0 Å². The Labute approximate surface area is 71.8 Å². The molecule has 2 atom stereocenters. The van der Waals surface area contributed by atoms with Gasteiger partial charge >= 0.3 is 0 Å². The number of ether oxygens (including phenoxy) is 1. The van der Waals surface area contributed by atoms with E-state index in [2.05, 4.69) is 0 Å². The Balaban J connectivity index is 2.42. The first kappa shape index (κ1) is 7.62. The van der Waals surface area contributed by atoms with Crippen molar-refractivity contribution in [3.05, 3.63) is 29.8 Å². The first-order valence-corrected chi connectivity index (χ1v) is 4.19. The number of hydrogen-bond donors (Lipinski definition) is 1. The first-order valence-electron chi connectivity index (χ1n) is 4.19. The fourth-order valence-electron chi connectivity index (χ4n) is 1.48. The highest BCUT2D eigenvalue weighted by atomic mass is 16.5. The zero-order chi connectivity index (χ0) is 8.55. The van der Waals surface area contributed by atoms with Crippen LogP contribution in [-0.4, -0.2) is 11.7 Å². The molecule has 0 amide bonds. The van der Waals surface area contributed by atoms with E-state index in [1.54, 1.807) is 0 Å². The third kappa shape index (κ3) is 1.08. The molecule has 2 nitrogen and oxygen atoms in total. The lowest BCUT2D eigenvalue weighted by Gasteiger charge is -2.27. The second kappa shape index (κ2) is 2.79. The van der Waals surface area contributed by atoms with Crippen LogP contribution in [0.2, 0.25) is 0 Å². The Morgan fingerprint density at radius 3 is 3.00 bits per heavy atom. The number of hydrogen-bond acceptors (Lipinski definition) is 2. The van der Waals surface area contributed by atoms with Gasteiger partial charge in [-0.25, -0.2) is 0 Å². The van der Waals surface area contributed by atoms with Crippen molar-refractivity contribution in [3.8, 4) is 5.75 Å². The summed E-state index contributed by atoms with van der Waals surface area (Å²) in [7, 11) is 0. The molecular weight excluding hydrogens is 152 g/mol. The van der Waals surface area contributed by atoms with E-state index < -0.39 is 0 Å². The summed E-state index contributed by atoms with van der Waals surface area (Å²) >= 11 is 0. The molecule has 1 aromatic rings. The number of rotatable bonds is 0. The van der Waals surface area contributed by atoms with E-state index in [4.69, 9.17) is 4.74 Å². The molecule has 0 fully saturated rings. The van der Waals surface area contributed by atoms with Crippen LogP contribution in [0.15, 0.2) is 24.3 Å². The summed E-state index contributed by atoms with van der Waals surface area (Å²) in [5.41, 5.74) is 0.913. The first-order chi connectivity index (χ1) is 5.79. The van der Waals surface area contributed by atoms with Crippen molar-refractivity contribution in [2.24, 2.45) is 5.92 Å². The molecule has 0 unspecified atom stereocenters. The lowest BCUT2D eigenvalue weighted by atomic mass is 9.95. The molecule has 0 spiro atoms. The van der Waals surface area contributed by atoms with Gasteiger partial charge in [-0.05, 0) is 6.07 Å². The SMILES string of the molecule is C[C@@H]1COc2ccccc2[C@@H]1O. The highest BCUT2D eigenvalue weighted by Crippen LogP contribution is 2.34. The Morgan fingerprint density at radius 1 is 1.42 bits per heavy atom. The van der Waals surface area contributed by atoms with Crippen LogP contribution < -0.4 is 4.74 Å². The maximum absolute atomic E-state index is 9.75. The molecule has 1 heterocycles. The average molecular weight is 164 g/mol. The van der Waals surface area contributed by atoms with Crippen molar-refractivity contribution in [2.45, 2.75) is 13.0 Å². The molecule has 0 radical (unpaired) electrons. The van der Waals surface area contributed by atoms with Gasteiger partial charge in [-0.2, -0.15) is 0 Å². The van der Waals surface area contributed by atoms with Crippen molar-refractivity contribution in [3.63, 3.8) is 0 Å². The molecule has 0 saturated carbocycles. The molecule has 2 rings (SSSR count). The summed E-state index contributed by atoms with van der Waals surface area (Å²) < 4.78 is 5.45. The van der Waals surface area contributed by atoms with Crippen molar-refractivity contribution in [1.29, 1.82) is 0 Å². The number of para-hydroxylation sites is 1. The van der Waals surface area contributed by atoms with E-state index >= 15 is 0 Å². The molecule has 1 aliphatic heterocycles. The van der Waals surface area contributed by atoms with E-state index in [9.17, 15) is 5.11 Å². The molecule has 1 N–H and O–H groups in total. The average Bonchev–Trinajstić information content (AvgIpc) is 2.12. The van der Waals surface area contributed by atoms with Crippen LogP contribution in [0.4, 0.5) is 0 Å². The predicted octanol–water partition coefficient (Wildman–Crippen LogP) is 1.75. The normalized spacial score (nSPS) is 27.5. The number of benzene rings is 1. The minimum Gasteiger partial charge on any atom is -0.493 e. The van der Waals surface area contributed by atoms with Crippen molar-refractivity contribution in [1.82, 2.24) is 0 Å². The summed E-state index contributed by atoms with van der Waals surface area (Å²) in [6.07, 6.45) is -0.366. The monoisotopic (exact) mass is 164 g/mol. The van der Waals surface area contributed by atoms with Crippen molar-refractivity contribution in [2.75, 3.05) is 6.61 Å². The molecule has 64 valence electrons. The highest BCUT2D eigenvalue weighted by molar-refractivity contribution is 5.36. The molecular formula is C10H12O2. The minimum atomic E-state index is -0.366. The highest BCUT2D eigenvalue weighted by Gasteiger charge is 2.24. The zero-order valence-corrected chi connectivity index (χ0v) is 7.03. The van der Waals surface area contributed by atoms with Gasteiger partial charge in [0.25, 0.3) is 0 Å². The lowest BCUT2D eigenvalue weighted by Crippen LogP contribution is -2.23. The quantitative estimate of drug-likeness (QED) is 0.633. The van der Waals surface area contributed by atoms with Gasteiger partial charge in [0.1, 0.15) is 5.75 Å². The fraction of sp³-hybridized carbons (Fsp3) is 0.400. The molecule has 1 aliphatic rings. The smallest absolute Gasteiger partial charge is 0.125 e. The maximum Gasteiger partial charge on any atom is 0.125 e. The second-order valence-corrected chi connectivity index (χ2v) is 3.27. The number of aliphatic hydroxyl groups excluding tert-OH is 1. The molecule has 12 heavy (non-hydrogen) atoms. The maximum atomic E-state index is 9.75. The molecule has 2 heteroatoms. The lowest BCUT2D eigenvalue weighted by molar-refractivity contribution is 0.0604. The Morgan fingerprint density at radius 2 is 2.17 bits per heavy atom. The summed E-state index contributed by atoms with van der Waals surface area (Å²) in [5.74, 6) is 1.02. The Hall–Kier alpha value is -1.02. The van der Waals surface area contributed by atoms with E-state index in [0.29, 0.717) is 6.61 Å². The largest absolute Gasteiger partial charge is 0.493 e. The predicted molar refractivity (Wildman–Crippen MR) is 46.1 cm³/mol. The van der Waals surface area contributed by atoms with Gasteiger partial charge < -0.3 is 9.84 Å². The van der Waals surface area contributed by atoms with Crippen LogP contribution >= 0.6 is 0 Å². The van der Waals surface area contributed by atoms with Crippen molar-refractivity contribution >= 4 is 0 Å². The van der Waals surface area contributed by atoms with Crippen LogP contribution in [-0.2, 0) is 0 Å². The summed E-state index contributed by atoms with van der Waals surface area (Å²) in [6, 6.07) is 7.64. The van der Waals surface area contributed by atoms with Gasteiger partial charge in [0.05, 0.1) is 12.7 Å². The Kier molecular flexibility index (Phi) is 1.77. The molecule has 0 bridgehead atoms. The topological polar surface area (TPSA) is 29.5 Å². The third-order valence-corrected chi connectivity index (χ3v) is 2.28. The zero-order valence-electron chi connectivity index (χ0n) is 7.03. The number of fused-ring (bicyclic) bond motifs is 1. The summed E-state index contributed by atoms with van der Waals surface area (Å²) in [5, 5.41) is 9.75. The van der Waals surface area contributed by atoms with Crippen LogP contribution in [0.5, 0.6) is 5.75 Å². The van der Waals surface area contributed by atoms with Gasteiger partial charge in [0.2, 0.25) is 0 Å². The van der Waals surface area contributed by atoms with Gasteiger partial charge in [-0.3, -0.25) is 0 Å². The van der Waals surface area contributed by atoms with E-state index in [1.165, 1.54) is 0 Å². The van der Waals surface area contributed by atoms with Crippen LogP contribution in [0, 0.1) is 5.92 Å². The van der Waals surface area contributed by atoms with Gasteiger partial charge in [-0.1, -0.05) is 25.1 Å². The van der Waals surface area contributed by atoms with E-state index in [-0.39, 0.29) is 12.0 Å². The fourth-order valence-corrected chi connectivity index (χ4v) is 1.48. The summed E-state index contributed by atoms with van der Waals surface area (Å²) in [4.78, 5) is 0. The molecule has 0 aromatic heterocycles. The van der Waals surface area contributed by atoms with Gasteiger partial charge in [0.15, 0.2) is 0 Å². The molecule has 0 saturated heterocycles. The number of aliphatic hydroxyl groups is 1. The van der Waals surface area contributed by atoms with Gasteiger partial charge in [-0.15, -0.1) is 0 Å². The van der Waals surface area contributed by atoms with Crippen LogP contribution in [0.25, 0.3) is 0 Å². The summed E-state index contributed by atoms with van der Waals surface area (Å²) in [6.45, 7) is 2.60. The van der Waals surface area contributed by atoms with E-state index in [1.807, 2.05) is 31.2 Å². The Bertz CT molecular complexity index is 283. The van der Waals surface area contributed by atoms with Crippen molar-refractivity contribution < 1.29 is 9.84 Å². The minimum absolute atomic E-state index is 0.194. The molecule has 1 aromatic carbocycles.